The Morgan fingerprint density at radius 3 is 2.43 bits per heavy atom. The molecular formula is C15H22ClN5. The highest BCUT2D eigenvalue weighted by Gasteiger charge is 2.21. The van der Waals surface area contributed by atoms with Gasteiger partial charge in [0.15, 0.2) is 5.82 Å². The normalized spacial score (nSPS) is 11.8. The maximum atomic E-state index is 6.09. The lowest BCUT2D eigenvalue weighted by Crippen LogP contribution is -2.23. The SMILES string of the molecule is CC(C)C(Cn1nnnc1-c1ccc(N)c(Cl)c1)C(C)C. The van der Waals surface area contributed by atoms with Gasteiger partial charge in [-0.3, -0.25) is 0 Å². The Hall–Kier alpha value is -1.62. The second-order valence-electron chi connectivity index (χ2n) is 6.07. The van der Waals surface area contributed by atoms with E-state index in [4.69, 9.17) is 17.3 Å². The molecule has 2 aromatic rings. The Labute approximate surface area is 130 Å². The number of nitrogens with zero attached hydrogens (tertiary/aromatic N) is 4. The minimum absolute atomic E-state index is 0.511. The van der Waals surface area contributed by atoms with Gasteiger partial charge >= 0.3 is 0 Å². The summed E-state index contributed by atoms with van der Waals surface area (Å²) in [5, 5.41) is 12.6. The predicted octanol–water partition coefficient (Wildman–Crippen LogP) is 3.50. The summed E-state index contributed by atoms with van der Waals surface area (Å²) in [7, 11) is 0. The van der Waals surface area contributed by atoms with Crippen LogP contribution in [0, 0.1) is 17.8 Å². The van der Waals surface area contributed by atoms with Gasteiger partial charge in [0.05, 0.1) is 10.7 Å². The van der Waals surface area contributed by atoms with E-state index >= 15 is 0 Å². The Morgan fingerprint density at radius 1 is 1.19 bits per heavy atom. The Morgan fingerprint density at radius 2 is 1.86 bits per heavy atom. The second kappa shape index (κ2) is 6.43. The number of hydrogen-bond acceptors (Lipinski definition) is 4. The molecule has 5 nitrogen and oxygen atoms in total. The van der Waals surface area contributed by atoms with Crippen molar-refractivity contribution in [2.75, 3.05) is 5.73 Å². The molecule has 0 fully saturated rings. The van der Waals surface area contributed by atoms with Gasteiger partial charge in [-0.2, -0.15) is 0 Å². The summed E-state index contributed by atoms with van der Waals surface area (Å²) in [4.78, 5) is 0. The fraction of sp³-hybridized carbons (Fsp3) is 0.533. The number of rotatable bonds is 5. The molecule has 0 spiro atoms. The van der Waals surface area contributed by atoms with Crippen LogP contribution in [0.3, 0.4) is 0 Å². The van der Waals surface area contributed by atoms with Gasteiger partial charge in [0.2, 0.25) is 0 Å². The van der Waals surface area contributed by atoms with E-state index in [1.54, 1.807) is 12.1 Å². The first-order valence-corrected chi connectivity index (χ1v) is 7.59. The number of tetrazole rings is 1. The second-order valence-corrected chi connectivity index (χ2v) is 6.48. The average molecular weight is 308 g/mol. The van der Waals surface area contributed by atoms with Crippen LogP contribution in [0.5, 0.6) is 0 Å². The fourth-order valence-electron chi connectivity index (χ4n) is 2.59. The monoisotopic (exact) mass is 307 g/mol. The summed E-state index contributed by atoms with van der Waals surface area (Å²) in [6.07, 6.45) is 0. The quantitative estimate of drug-likeness (QED) is 0.858. The first-order valence-electron chi connectivity index (χ1n) is 7.21. The van der Waals surface area contributed by atoms with Crippen molar-refractivity contribution in [1.82, 2.24) is 20.2 Å². The molecule has 1 aromatic carbocycles. The molecule has 2 rings (SSSR count). The van der Waals surface area contributed by atoms with E-state index in [1.807, 2.05) is 10.7 Å². The molecule has 21 heavy (non-hydrogen) atoms. The third-order valence-electron chi connectivity index (χ3n) is 3.89. The minimum Gasteiger partial charge on any atom is -0.398 e. The Bertz CT molecular complexity index is 598. The number of nitrogen functional groups attached to an aromatic ring is 1. The van der Waals surface area contributed by atoms with Crippen LogP contribution < -0.4 is 5.73 Å². The topological polar surface area (TPSA) is 69.6 Å². The van der Waals surface area contributed by atoms with Crippen molar-refractivity contribution in [3.05, 3.63) is 23.2 Å². The van der Waals surface area contributed by atoms with Crippen LogP contribution in [0.4, 0.5) is 5.69 Å². The molecule has 0 saturated heterocycles. The summed E-state index contributed by atoms with van der Waals surface area (Å²) in [6.45, 7) is 9.72. The van der Waals surface area contributed by atoms with Crippen LogP contribution in [0.1, 0.15) is 27.7 Å². The average Bonchev–Trinajstić information content (AvgIpc) is 2.86. The van der Waals surface area contributed by atoms with E-state index in [2.05, 4.69) is 43.2 Å². The summed E-state index contributed by atoms with van der Waals surface area (Å²) in [6, 6.07) is 5.47. The summed E-state index contributed by atoms with van der Waals surface area (Å²) in [5.41, 5.74) is 7.19. The lowest BCUT2D eigenvalue weighted by Gasteiger charge is -2.24. The van der Waals surface area contributed by atoms with Gasteiger partial charge in [-0.1, -0.05) is 39.3 Å². The molecule has 0 saturated carbocycles. The summed E-state index contributed by atoms with van der Waals surface area (Å²) in [5.74, 6) is 2.37. The predicted molar refractivity (Wildman–Crippen MR) is 85.8 cm³/mol. The molecule has 6 heteroatoms. The highest BCUT2D eigenvalue weighted by molar-refractivity contribution is 6.33. The number of halogens is 1. The number of benzene rings is 1. The minimum atomic E-state index is 0.511. The maximum absolute atomic E-state index is 6.09. The van der Waals surface area contributed by atoms with Gasteiger partial charge in [0, 0.05) is 12.1 Å². The third-order valence-corrected chi connectivity index (χ3v) is 4.21. The van der Waals surface area contributed by atoms with Gasteiger partial charge < -0.3 is 5.73 Å². The molecule has 0 amide bonds. The zero-order chi connectivity index (χ0) is 15.6. The van der Waals surface area contributed by atoms with Crippen LogP contribution >= 0.6 is 11.6 Å². The first-order chi connectivity index (χ1) is 9.90. The maximum Gasteiger partial charge on any atom is 0.182 e. The van der Waals surface area contributed by atoms with Crippen molar-refractivity contribution in [2.24, 2.45) is 17.8 Å². The Kier molecular flexibility index (Phi) is 4.83. The molecule has 0 aliphatic carbocycles. The first kappa shape index (κ1) is 15.8. The van der Waals surface area contributed by atoms with Crippen molar-refractivity contribution >= 4 is 17.3 Å². The van der Waals surface area contributed by atoms with Crippen LogP contribution in [-0.2, 0) is 6.54 Å². The van der Waals surface area contributed by atoms with E-state index in [9.17, 15) is 0 Å². The van der Waals surface area contributed by atoms with Crippen LogP contribution in [-0.4, -0.2) is 20.2 Å². The number of anilines is 1. The van der Waals surface area contributed by atoms with Gasteiger partial charge in [-0.15, -0.1) is 5.10 Å². The number of aromatic nitrogens is 4. The molecule has 0 radical (unpaired) electrons. The van der Waals surface area contributed by atoms with Crippen molar-refractivity contribution in [3.8, 4) is 11.4 Å². The van der Waals surface area contributed by atoms with E-state index in [0.717, 1.165) is 17.9 Å². The molecular weight excluding hydrogens is 286 g/mol. The highest BCUT2D eigenvalue weighted by atomic mass is 35.5. The van der Waals surface area contributed by atoms with E-state index in [1.165, 1.54) is 0 Å². The lowest BCUT2D eigenvalue weighted by molar-refractivity contribution is 0.242. The van der Waals surface area contributed by atoms with Crippen molar-refractivity contribution in [1.29, 1.82) is 0 Å². The van der Waals surface area contributed by atoms with Gasteiger partial charge in [0.1, 0.15) is 0 Å². The molecule has 114 valence electrons. The molecule has 2 N–H and O–H groups in total. The van der Waals surface area contributed by atoms with Gasteiger partial charge in [-0.05, 0) is 46.4 Å². The molecule has 0 bridgehead atoms. The number of hydrogen-bond donors (Lipinski definition) is 1. The zero-order valence-electron chi connectivity index (χ0n) is 12.9. The number of nitrogens with two attached hydrogens (primary N) is 1. The molecule has 0 aliphatic heterocycles. The molecule has 1 aromatic heterocycles. The van der Waals surface area contributed by atoms with E-state index in [0.29, 0.717) is 28.5 Å². The molecule has 0 aliphatic rings. The molecule has 0 atom stereocenters. The Balaban J connectivity index is 2.31. The smallest absolute Gasteiger partial charge is 0.182 e. The summed E-state index contributed by atoms with van der Waals surface area (Å²) < 4.78 is 1.85. The van der Waals surface area contributed by atoms with E-state index in [-0.39, 0.29) is 0 Å². The standard InChI is InChI=1S/C15H22ClN5/c1-9(2)12(10(3)4)8-21-15(18-19-20-21)11-5-6-14(17)13(16)7-11/h5-7,9-10,12H,8,17H2,1-4H3. The van der Waals surface area contributed by atoms with Crippen LogP contribution in [0.15, 0.2) is 18.2 Å². The highest BCUT2D eigenvalue weighted by Crippen LogP contribution is 2.27. The fourth-order valence-corrected chi connectivity index (χ4v) is 2.77. The van der Waals surface area contributed by atoms with Gasteiger partial charge in [-0.25, -0.2) is 4.68 Å². The van der Waals surface area contributed by atoms with Crippen molar-refractivity contribution in [2.45, 2.75) is 34.2 Å². The third kappa shape index (κ3) is 3.53. The van der Waals surface area contributed by atoms with Crippen molar-refractivity contribution < 1.29 is 0 Å². The summed E-state index contributed by atoms with van der Waals surface area (Å²) >= 11 is 6.09. The zero-order valence-corrected chi connectivity index (χ0v) is 13.7. The molecule has 1 heterocycles. The van der Waals surface area contributed by atoms with Crippen LogP contribution in [0.2, 0.25) is 5.02 Å². The van der Waals surface area contributed by atoms with Crippen molar-refractivity contribution in [3.63, 3.8) is 0 Å². The molecule has 0 unspecified atom stereocenters. The largest absolute Gasteiger partial charge is 0.398 e. The lowest BCUT2D eigenvalue weighted by atomic mass is 9.85. The van der Waals surface area contributed by atoms with Crippen LogP contribution in [0.25, 0.3) is 11.4 Å². The van der Waals surface area contributed by atoms with E-state index < -0.39 is 0 Å². The van der Waals surface area contributed by atoms with Gasteiger partial charge in [0.25, 0.3) is 0 Å².